The van der Waals surface area contributed by atoms with Gasteiger partial charge < -0.3 is 9.84 Å². The second-order valence-electron chi connectivity index (χ2n) is 6.28. The predicted molar refractivity (Wildman–Crippen MR) is 86.3 cm³/mol. The van der Waals surface area contributed by atoms with Crippen LogP contribution in [0.3, 0.4) is 0 Å². The summed E-state index contributed by atoms with van der Waals surface area (Å²) in [5.41, 5.74) is 1.33. The van der Waals surface area contributed by atoms with Gasteiger partial charge in [-0.2, -0.15) is 4.31 Å². The highest BCUT2D eigenvalue weighted by molar-refractivity contribution is 7.89. The minimum Gasteiger partial charge on any atom is -0.393 e. The van der Waals surface area contributed by atoms with Crippen LogP contribution in [0.5, 0.6) is 0 Å². The minimum absolute atomic E-state index is 0.192. The number of nitrogens with zero attached hydrogens (tertiary/aromatic N) is 1. The summed E-state index contributed by atoms with van der Waals surface area (Å²) in [6.07, 6.45) is 0.494. The van der Waals surface area contributed by atoms with Crippen molar-refractivity contribution < 1.29 is 18.3 Å². The van der Waals surface area contributed by atoms with Gasteiger partial charge >= 0.3 is 0 Å². The third kappa shape index (κ3) is 3.68. The van der Waals surface area contributed by atoms with Crippen molar-refractivity contribution in [1.82, 2.24) is 4.31 Å². The van der Waals surface area contributed by atoms with Gasteiger partial charge in [0.1, 0.15) is 5.60 Å². The van der Waals surface area contributed by atoms with E-state index in [9.17, 15) is 13.5 Å². The third-order valence-electron chi connectivity index (χ3n) is 4.10. The highest BCUT2D eigenvalue weighted by Crippen LogP contribution is 2.26. The van der Waals surface area contributed by atoms with Crippen molar-refractivity contribution in [3.05, 3.63) is 35.4 Å². The lowest BCUT2D eigenvalue weighted by Crippen LogP contribution is -2.57. The predicted octanol–water partition coefficient (Wildman–Crippen LogP) is 1.34. The molecule has 1 N–H and O–H groups in total. The molecule has 0 aromatic heterocycles. The molecule has 1 saturated heterocycles. The number of aliphatic hydroxyl groups excluding tert-OH is 1. The van der Waals surface area contributed by atoms with E-state index in [1.54, 1.807) is 13.8 Å². The Balaban J connectivity index is 2.20. The zero-order valence-corrected chi connectivity index (χ0v) is 14.3. The maximum Gasteiger partial charge on any atom is 0.216 e. The van der Waals surface area contributed by atoms with Crippen molar-refractivity contribution in [3.63, 3.8) is 0 Å². The highest BCUT2D eigenvalue weighted by Gasteiger charge is 2.41. The van der Waals surface area contributed by atoms with Crippen LogP contribution in [0.15, 0.2) is 24.3 Å². The van der Waals surface area contributed by atoms with E-state index in [1.807, 2.05) is 31.2 Å². The average molecular weight is 327 g/mol. The van der Waals surface area contributed by atoms with Gasteiger partial charge in [-0.3, -0.25) is 0 Å². The zero-order chi connectivity index (χ0) is 16.4. The second kappa shape index (κ2) is 6.66. The van der Waals surface area contributed by atoms with Gasteiger partial charge in [-0.05, 0) is 26.3 Å². The number of aliphatic hydroxyl groups is 1. The molecule has 0 aliphatic carbocycles. The minimum atomic E-state index is -3.34. The summed E-state index contributed by atoms with van der Waals surface area (Å²) in [6.45, 7) is 5.99. The maximum atomic E-state index is 12.4. The fourth-order valence-corrected chi connectivity index (χ4v) is 4.00. The molecule has 0 radical (unpaired) electrons. The van der Waals surface area contributed by atoms with Gasteiger partial charge in [-0.15, -0.1) is 0 Å². The summed E-state index contributed by atoms with van der Waals surface area (Å²) in [7, 11) is -3.34. The molecule has 1 fully saturated rings. The molecule has 124 valence electrons. The van der Waals surface area contributed by atoms with Crippen LogP contribution < -0.4 is 0 Å². The van der Waals surface area contributed by atoms with E-state index in [1.165, 1.54) is 4.31 Å². The van der Waals surface area contributed by atoms with Gasteiger partial charge in [0, 0.05) is 19.5 Å². The number of sulfonamides is 1. The Labute approximate surface area is 133 Å². The molecule has 0 amide bonds. The van der Waals surface area contributed by atoms with E-state index in [2.05, 4.69) is 0 Å². The van der Waals surface area contributed by atoms with E-state index in [-0.39, 0.29) is 13.2 Å². The van der Waals surface area contributed by atoms with Crippen LogP contribution in [0.1, 0.15) is 25.0 Å². The zero-order valence-electron chi connectivity index (χ0n) is 13.4. The molecule has 22 heavy (non-hydrogen) atoms. The van der Waals surface area contributed by atoms with Crippen molar-refractivity contribution in [2.75, 3.05) is 26.3 Å². The Kier molecular flexibility index (Phi) is 5.27. The third-order valence-corrected chi connectivity index (χ3v) is 6.33. The monoisotopic (exact) mass is 327 g/mol. The molecule has 0 bridgehead atoms. The standard InChI is InChI=1S/C16H25NO4S/c1-13(2)22(19,20)17-8-9-21-16(11-17,12-18)10-15-6-4-14(3)5-7-15/h4-7,13,18H,8-12H2,1-3H3/t16-/m1/s1. The van der Waals surface area contributed by atoms with E-state index in [4.69, 9.17) is 4.74 Å². The fraction of sp³-hybridized carbons (Fsp3) is 0.625. The van der Waals surface area contributed by atoms with Gasteiger partial charge in [0.25, 0.3) is 0 Å². The van der Waals surface area contributed by atoms with Crippen molar-refractivity contribution in [2.45, 2.75) is 38.0 Å². The van der Waals surface area contributed by atoms with E-state index >= 15 is 0 Å². The first-order valence-corrected chi connectivity index (χ1v) is 9.09. The molecule has 0 unspecified atom stereocenters. The van der Waals surface area contributed by atoms with Crippen molar-refractivity contribution >= 4 is 10.0 Å². The normalized spacial score (nSPS) is 23.9. The Bertz CT molecular complexity index is 597. The molecule has 5 nitrogen and oxygen atoms in total. The number of ether oxygens (including phenoxy) is 1. The molecule has 1 aliphatic rings. The first-order chi connectivity index (χ1) is 10.3. The maximum absolute atomic E-state index is 12.4. The summed E-state index contributed by atoms with van der Waals surface area (Å²) in [5, 5.41) is 9.36. The first kappa shape index (κ1) is 17.4. The van der Waals surface area contributed by atoms with Gasteiger partial charge in [-0.1, -0.05) is 29.8 Å². The molecular formula is C16H25NO4S. The van der Waals surface area contributed by atoms with Crippen LogP contribution in [0.2, 0.25) is 0 Å². The average Bonchev–Trinajstić information content (AvgIpc) is 2.50. The van der Waals surface area contributed by atoms with Crippen molar-refractivity contribution in [3.8, 4) is 0 Å². The Morgan fingerprint density at radius 2 is 1.95 bits per heavy atom. The molecule has 1 atom stereocenters. The number of rotatable bonds is 5. The van der Waals surface area contributed by atoms with Crippen LogP contribution in [-0.2, 0) is 21.2 Å². The lowest BCUT2D eigenvalue weighted by Gasteiger charge is -2.41. The summed E-state index contributed by atoms with van der Waals surface area (Å²) in [5.74, 6) is 0. The Morgan fingerprint density at radius 1 is 1.32 bits per heavy atom. The van der Waals surface area contributed by atoms with E-state index < -0.39 is 20.9 Å². The lowest BCUT2D eigenvalue weighted by atomic mass is 9.93. The van der Waals surface area contributed by atoms with Crippen molar-refractivity contribution in [2.24, 2.45) is 0 Å². The molecule has 1 aliphatic heterocycles. The van der Waals surface area contributed by atoms with Gasteiger partial charge in [0.2, 0.25) is 10.0 Å². The molecule has 1 heterocycles. The summed E-state index contributed by atoms with van der Waals surface area (Å²) in [6, 6.07) is 8.00. The Hall–Kier alpha value is -0.950. The van der Waals surface area contributed by atoms with Crippen LogP contribution in [0.25, 0.3) is 0 Å². The molecule has 0 saturated carbocycles. The molecule has 1 aromatic carbocycles. The smallest absolute Gasteiger partial charge is 0.216 e. The first-order valence-electron chi connectivity index (χ1n) is 7.58. The fourth-order valence-electron chi connectivity index (χ4n) is 2.66. The quantitative estimate of drug-likeness (QED) is 0.886. The second-order valence-corrected chi connectivity index (χ2v) is 8.77. The van der Waals surface area contributed by atoms with Crippen molar-refractivity contribution in [1.29, 1.82) is 0 Å². The number of benzene rings is 1. The summed E-state index contributed by atoms with van der Waals surface area (Å²) >= 11 is 0. The largest absolute Gasteiger partial charge is 0.393 e. The van der Waals surface area contributed by atoms with Crippen LogP contribution in [0.4, 0.5) is 0 Å². The SMILES string of the molecule is Cc1ccc(C[C@]2(CO)CN(S(=O)(=O)C(C)C)CCO2)cc1. The highest BCUT2D eigenvalue weighted by atomic mass is 32.2. The lowest BCUT2D eigenvalue weighted by molar-refractivity contribution is -0.115. The number of hydrogen-bond acceptors (Lipinski definition) is 4. The Morgan fingerprint density at radius 3 is 2.50 bits per heavy atom. The van der Waals surface area contributed by atoms with Gasteiger partial charge in [-0.25, -0.2) is 8.42 Å². The molecule has 1 aromatic rings. The number of morpholine rings is 1. The molecular weight excluding hydrogens is 302 g/mol. The molecule has 6 heteroatoms. The van der Waals surface area contributed by atoms with E-state index in [0.717, 1.165) is 11.1 Å². The molecule has 2 rings (SSSR count). The molecule has 0 spiro atoms. The van der Waals surface area contributed by atoms with E-state index in [0.29, 0.717) is 19.6 Å². The summed E-state index contributed by atoms with van der Waals surface area (Å²) < 4.78 is 32.0. The van der Waals surface area contributed by atoms with Gasteiger partial charge in [0.05, 0.1) is 18.5 Å². The van der Waals surface area contributed by atoms with Crippen LogP contribution in [0, 0.1) is 6.92 Å². The summed E-state index contributed by atoms with van der Waals surface area (Å²) in [4.78, 5) is 0. The van der Waals surface area contributed by atoms with Crippen LogP contribution >= 0.6 is 0 Å². The topological polar surface area (TPSA) is 66.8 Å². The van der Waals surface area contributed by atoms with Gasteiger partial charge in [0.15, 0.2) is 0 Å². The number of hydrogen-bond donors (Lipinski definition) is 1. The number of aryl methyl sites for hydroxylation is 1. The van der Waals surface area contributed by atoms with Crippen LogP contribution in [-0.4, -0.2) is 55.0 Å².